The fraction of sp³-hybridized carbons (Fsp3) is 0.333. The summed E-state index contributed by atoms with van der Waals surface area (Å²) in [6.45, 7) is 0. The van der Waals surface area contributed by atoms with Gasteiger partial charge < -0.3 is 10.5 Å². The second-order valence-electron chi connectivity index (χ2n) is 4.67. The lowest BCUT2D eigenvalue weighted by Crippen LogP contribution is -2.28. The van der Waals surface area contributed by atoms with Crippen molar-refractivity contribution < 1.29 is 9.53 Å². The molecule has 1 saturated carbocycles. The molecule has 0 radical (unpaired) electrons. The average molecular weight is 293 g/mol. The summed E-state index contributed by atoms with van der Waals surface area (Å²) in [6.07, 6.45) is 4.45. The summed E-state index contributed by atoms with van der Waals surface area (Å²) in [5, 5.41) is 0.650. The summed E-state index contributed by atoms with van der Waals surface area (Å²) in [4.78, 5) is 16.4. The van der Waals surface area contributed by atoms with Crippen LogP contribution in [0.1, 0.15) is 19.3 Å². The van der Waals surface area contributed by atoms with E-state index in [4.69, 9.17) is 22.1 Å². The Balaban J connectivity index is 2.36. The molecular formula is C15H17ClN2O2. The van der Waals surface area contributed by atoms with Crippen LogP contribution in [0.2, 0.25) is 5.02 Å². The van der Waals surface area contributed by atoms with E-state index in [1.165, 1.54) is 13.3 Å². The van der Waals surface area contributed by atoms with Gasteiger partial charge in [-0.05, 0) is 37.1 Å². The van der Waals surface area contributed by atoms with Crippen molar-refractivity contribution in [3.05, 3.63) is 41.1 Å². The lowest BCUT2D eigenvalue weighted by Gasteiger charge is -2.27. The van der Waals surface area contributed by atoms with E-state index in [2.05, 4.69) is 4.99 Å². The number of carbonyl (C=O) groups is 1. The van der Waals surface area contributed by atoms with Crippen molar-refractivity contribution >= 4 is 29.0 Å². The van der Waals surface area contributed by atoms with Crippen LogP contribution < -0.4 is 5.73 Å². The van der Waals surface area contributed by atoms with Crippen LogP contribution in [0.25, 0.3) is 0 Å². The fourth-order valence-electron chi connectivity index (χ4n) is 2.08. The van der Waals surface area contributed by atoms with E-state index in [1.807, 2.05) is 12.1 Å². The van der Waals surface area contributed by atoms with Crippen LogP contribution in [-0.2, 0) is 9.53 Å². The Hall–Kier alpha value is -1.81. The Morgan fingerprint density at radius 2 is 2.05 bits per heavy atom. The minimum atomic E-state index is -0.452. The molecule has 0 aliphatic heterocycles. The van der Waals surface area contributed by atoms with Gasteiger partial charge in [-0.15, -0.1) is 0 Å². The van der Waals surface area contributed by atoms with Gasteiger partial charge in [-0.25, -0.2) is 4.79 Å². The first-order valence-electron chi connectivity index (χ1n) is 6.50. The summed E-state index contributed by atoms with van der Waals surface area (Å²) >= 11 is 5.86. The van der Waals surface area contributed by atoms with Gasteiger partial charge in [-0.1, -0.05) is 18.0 Å². The van der Waals surface area contributed by atoms with E-state index in [-0.39, 0.29) is 5.92 Å². The first kappa shape index (κ1) is 14.6. The molecule has 1 aliphatic rings. The third-order valence-electron chi connectivity index (χ3n) is 3.42. The Morgan fingerprint density at radius 3 is 2.50 bits per heavy atom. The number of carbonyl (C=O) groups excluding carboxylic acids is 1. The molecule has 0 spiro atoms. The molecule has 0 amide bonds. The second-order valence-corrected chi connectivity index (χ2v) is 5.11. The zero-order valence-electron chi connectivity index (χ0n) is 11.3. The average Bonchev–Trinajstić information content (AvgIpc) is 2.39. The van der Waals surface area contributed by atoms with Gasteiger partial charge in [0.1, 0.15) is 0 Å². The van der Waals surface area contributed by atoms with Crippen molar-refractivity contribution in [3.63, 3.8) is 0 Å². The van der Waals surface area contributed by atoms with Crippen LogP contribution in [0, 0.1) is 5.92 Å². The van der Waals surface area contributed by atoms with Crippen molar-refractivity contribution in [2.75, 3.05) is 7.11 Å². The van der Waals surface area contributed by atoms with Gasteiger partial charge in [0.25, 0.3) is 0 Å². The van der Waals surface area contributed by atoms with Crippen molar-refractivity contribution in [1.29, 1.82) is 0 Å². The Bertz CT molecular complexity index is 545. The zero-order chi connectivity index (χ0) is 14.5. The van der Waals surface area contributed by atoms with Gasteiger partial charge in [0, 0.05) is 17.1 Å². The fourth-order valence-corrected chi connectivity index (χ4v) is 2.20. The quantitative estimate of drug-likeness (QED) is 0.526. The molecule has 20 heavy (non-hydrogen) atoms. The number of methoxy groups -OCH3 is 1. The molecule has 5 heteroatoms. The number of hydrogen-bond donors (Lipinski definition) is 1. The van der Waals surface area contributed by atoms with Crippen LogP contribution in [0.4, 0.5) is 5.69 Å². The van der Waals surface area contributed by atoms with Gasteiger partial charge in [0.15, 0.2) is 0 Å². The molecule has 2 N–H and O–H groups in total. The summed E-state index contributed by atoms with van der Waals surface area (Å²) < 4.78 is 4.77. The van der Waals surface area contributed by atoms with Crippen LogP contribution in [0.15, 0.2) is 41.0 Å². The maximum absolute atomic E-state index is 11.8. The zero-order valence-corrected chi connectivity index (χ0v) is 12.1. The minimum absolute atomic E-state index is 0.263. The Kier molecular flexibility index (Phi) is 4.79. The third kappa shape index (κ3) is 3.20. The molecule has 0 bridgehead atoms. The summed E-state index contributed by atoms with van der Waals surface area (Å²) in [6, 6.07) is 7.16. The van der Waals surface area contributed by atoms with Crippen LogP contribution in [-0.4, -0.2) is 18.8 Å². The van der Waals surface area contributed by atoms with Crippen molar-refractivity contribution in [3.8, 4) is 0 Å². The highest BCUT2D eigenvalue weighted by molar-refractivity contribution is 6.30. The number of esters is 1. The number of nitrogens with two attached hydrogens (primary N) is 1. The van der Waals surface area contributed by atoms with E-state index >= 15 is 0 Å². The first-order chi connectivity index (χ1) is 9.65. The Labute approximate surface area is 123 Å². The number of nitrogens with zero attached hydrogens (tertiary/aromatic N) is 1. The van der Waals surface area contributed by atoms with Gasteiger partial charge in [0.05, 0.1) is 24.1 Å². The van der Waals surface area contributed by atoms with E-state index < -0.39 is 5.97 Å². The van der Waals surface area contributed by atoms with Gasteiger partial charge in [-0.2, -0.15) is 0 Å². The van der Waals surface area contributed by atoms with E-state index in [0.29, 0.717) is 16.3 Å². The smallest absolute Gasteiger partial charge is 0.341 e. The van der Waals surface area contributed by atoms with Crippen molar-refractivity contribution in [2.45, 2.75) is 19.3 Å². The number of halogens is 1. The molecular weight excluding hydrogens is 276 g/mol. The first-order valence-corrected chi connectivity index (χ1v) is 6.88. The minimum Gasteiger partial charge on any atom is -0.465 e. The summed E-state index contributed by atoms with van der Waals surface area (Å²) in [5.41, 5.74) is 7.37. The molecule has 4 nitrogen and oxygen atoms in total. The van der Waals surface area contributed by atoms with E-state index in [9.17, 15) is 4.79 Å². The molecule has 106 valence electrons. The molecule has 1 aliphatic carbocycles. The maximum atomic E-state index is 11.8. The monoisotopic (exact) mass is 292 g/mol. The number of hydrogen-bond acceptors (Lipinski definition) is 4. The molecule has 0 atom stereocenters. The van der Waals surface area contributed by atoms with Gasteiger partial charge in [-0.3, -0.25) is 4.99 Å². The van der Waals surface area contributed by atoms with Crippen molar-refractivity contribution in [2.24, 2.45) is 16.6 Å². The van der Waals surface area contributed by atoms with Gasteiger partial charge >= 0.3 is 5.97 Å². The van der Waals surface area contributed by atoms with E-state index in [1.54, 1.807) is 12.1 Å². The van der Waals surface area contributed by atoms with E-state index in [0.717, 1.165) is 24.9 Å². The van der Waals surface area contributed by atoms with Crippen LogP contribution >= 0.6 is 11.6 Å². The third-order valence-corrected chi connectivity index (χ3v) is 3.67. The molecule has 1 aromatic carbocycles. The summed E-state index contributed by atoms with van der Waals surface area (Å²) in [7, 11) is 1.34. The highest BCUT2D eigenvalue weighted by atomic mass is 35.5. The standard InChI is InChI=1S/C15H17ClN2O2/c1-20-15(19)13(9-17)14(10-3-2-4-10)18-12-7-5-11(16)6-8-12/h5-10H,2-4,17H2,1H3. The number of benzene rings is 1. The molecule has 1 aromatic rings. The van der Waals surface area contributed by atoms with Crippen LogP contribution in [0.5, 0.6) is 0 Å². The molecule has 0 unspecified atom stereocenters. The SMILES string of the molecule is COC(=O)C(=CN)C(=Nc1ccc(Cl)cc1)C1CCC1. The molecule has 0 saturated heterocycles. The predicted molar refractivity (Wildman–Crippen MR) is 80.2 cm³/mol. The number of ether oxygens (including phenoxy) is 1. The molecule has 2 rings (SSSR count). The number of rotatable bonds is 4. The second kappa shape index (κ2) is 6.57. The summed E-state index contributed by atoms with van der Waals surface area (Å²) in [5.74, 6) is -0.188. The lowest BCUT2D eigenvalue weighted by atomic mass is 9.79. The largest absolute Gasteiger partial charge is 0.465 e. The predicted octanol–water partition coefficient (Wildman–Crippen LogP) is 3.23. The lowest BCUT2D eigenvalue weighted by molar-refractivity contribution is -0.135. The maximum Gasteiger partial charge on any atom is 0.341 e. The topological polar surface area (TPSA) is 64.7 Å². The van der Waals surface area contributed by atoms with Gasteiger partial charge in [0.2, 0.25) is 0 Å². The molecule has 0 aromatic heterocycles. The highest BCUT2D eigenvalue weighted by Gasteiger charge is 2.29. The van der Waals surface area contributed by atoms with Crippen molar-refractivity contribution in [1.82, 2.24) is 0 Å². The van der Waals surface area contributed by atoms with Crippen LogP contribution in [0.3, 0.4) is 0 Å². The highest BCUT2D eigenvalue weighted by Crippen LogP contribution is 2.32. The normalized spacial score (nSPS) is 16.7. The molecule has 0 heterocycles. The Morgan fingerprint density at radius 1 is 1.40 bits per heavy atom. The number of aliphatic imine (C=N–C) groups is 1. The molecule has 1 fully saturated rings.